The molecule has 94 valence electrons. The Morgan fingerprint density at radius 1 is 1.50 bits per heavy atom. The fourth-order valence-electron chi connectivity index (χ4n) is 2.71. The lowest BCUT2D eigenvalue weighted by Crippen LogP contribution is -2.25. The zero-order valence-electron chi connectivity index (χ0n) is 10.4. The fourth-order valence-corrected chi connectivity index (χ4v) is 2.83. The van der Waals surface area contributed by atoms with Crippen LogP contribution >= 0.6 is 11.6 Å². The number of fused-ring (bicyclic) bond motifs is 3. The number of nitrogens with zero attached hydrogens (tertiary/aromatic N) is 3. The summed E-state index contributed by atoms with van der Waals surface area (Å²) >= 11 is 5.86. The summed E-state index contributed by atoms with van der Waals surface area (Å²) in [5, 5.41) is 1.11. The van der Waals surface area contributed by atoms with Crippen LogP contribution in [0.1, 0.15) is 43.2 Å². The number of rotatable bonds is 1. The number of carbonyl (C=O) groups excluding carboxylic acids is 1. The molecule has 0 saturated carbocycles. The molecule has 0 saturated heterocycles. The van der Waals surface area contributed by atoms with Crippen LogP contribution in [0.3, 0.4) is 0 Å². The molecule has 1 atom stereocenters. The summed E-state index contributed by atoms with van der Waals surface area (Å²) in [5.41, 5.74) is 1.52. The Hall–Kier alpha value is -1.42. The molecular weight excluding hydrogens is 250 g/mol. The van der Waals surface area contributed by atoms with E-state index in [2.05, 4.69) is 23.8 Å². The number of aromatic nitrogens is 3. The van der Waals surface area contributed by atoms with Gasteiger partial charge in [-0.25, -0.2) is 4.98 Å². The highest BCUT2D eigenvalue weighted by Gasteiger charge is 2.29. The Morgan fingerprint density at radius 3 is 3.00 bits per heavy atom. The Labute approximate surface area is 110 Å². The number of halogens is 1. The maximum absolute atomic E-state index is 12.0. The van der Waals surface area contributed by atoms with Crippen molar-refractivity contribution in [2.45, 2.75) is 32.7 Å². The van der Waals surface area contributed by atoms with Crippen LogP contribution in [0, 0.1) is 5.92 Å². The molecule has 1 aliphatic heterocycles. The summed E-state index contributed by atoms with van der Waals surface area (Å²) in [6.07, 6.45) is 3.16. The first kappa shape index (κ1) is 11.7. The Balaban J connectivity index is 2.31. The molecule has 5 heteroatoms. The van der Waals surface area contributed by atoms with Crippen molar-refractivity contribution >= 4 is 28.4 Å². The first-order valence-corrected chi connectivity index (χ1v) is 6.52. The van der Waals surface area contributed by atoms with Crippen LogP contribution in [0.2, 0.25) is 5.28 Å². The van der Waals surface area contributed by atoms with E-state index in [1.807, 2.05) is 10.6 Å². The molecule has 3 rings (SSSR count). The molecule has 0 fully saturated rings. The molecule has 2 aromatic rings. The van der Waals surface area contributed by atoms with Crippen molar-refractivity contribution in [3.63, 3.8) is 0 Å². The van der Waals surface area contributed by atoms with E-state index in [9.17, 15) is 4.79 Å². The molecule has 0 spiro atoms. The second kappa shape index (κ2) is 4.05. The normalized spacial score (nSPS) is 19.6. The van der Waals surface area contributed by atoms with Gasteiger partial charge in [0.05, 0.1) is 5.69 Å². The van der Waals surface area contributed by atoms with Crippen molar-refractivity contribution in [2.24, 2.45) is 5.92 Å². The van der Waals surface area contributed by atoms with Gasteiger partial charge >= 0.3 is 0 Å². The number of Topliss-reactive ketones (excluding diaryl/α,β-unsaturated/α-hetero) is 1. The molecule has 2 aromatic heterocycles. The lowest BCUT2D eigenvalue weighted by molar-refractivity contribution is 0.0934. The topological polar surface area (TPSA) is 47.8 Å². The van der Waals surface area contributed by atoms with Crippen LogP contribution < -0.4 is 0 Å². The summed E-state index contributed by atoms with van der Waals surface area (Å²) in [6, 6.07) is 2.18. The number of ketones is 1. The minimum Gasteiger partial charge on any atom is -0.319 e. The zero-order chi connectivity index (χ0) is 12.9. The third-order valence-electron chi connectivity index (χ3n) is 3.60. The molecule has 4 nitrogen and oxygen atoms in total. The van der Waals surface area contributed by atoms with Crippen molar-refractivity contribution in [3.05, 3.63) is 23.2 Å². The summed E-state index contributed by atoms with van der Waals surface area (Å²) < 4.78 is 2.04. The summed E-state index contributed by atoms with van der Waals surface area (Å²) in [6.45, 7) is 4.33. The minimum atomic E-state index is 0.182. The maximum Gasteiger partial charge on any atom is 0.224 e. The van der Waals surface area contributed by atoms with Crippen molar-refractivity contribution in [2.75, 3.05) is 0 Å². The third-order valence-corrected chi connectivity index (χ3v) is 3.78. The molecule has 1 unspecified atom stereocenters. The Morgan fingerprint density at radius 2 is 2.28 bits per heavy atom. The van der Waals surface area contributed by atoms with Gasteiger partial charge in [-0.1, -0.05) is 13.8 Å². The highest BCUT2D eigenvalue weighted by atomic mass is 35.5. The maximum atomic E-state index is 12.0. The van der Waals surface area contributed by atoms with Gasteiger partial charge in [-0.05, 0) is 30.0 Å². The molecule has 1 aliphatic rings. The van der Waals surface area contributed by atoms with Crippen molar-refractivity contribution in [1.29, 1.82) is 0 Å². The fraction of sp³-hybridized carbons (Fsp3) is 0.462. The van der Waals surface area contributed by atoms with Gasteiger partial charge in [0.15, 0.2) is 5.78 Å². The van der Waals surface area contributed by atoms with Gasteiger partial charge in [-0.15, -0.1) is 0 Å². The van der Waals surface area contributed by atoms with E-state index < -0.39 is 0 Å². The predicted octanol–water partition coefficient (Wildman–Crippen LogP) is 3.26. The highest BCUT2D eigenvalue weighted by molar-refractivity contribution is 6.28. The molecule has 3 heterocycles. The molecule has 18 heavy (non-hydrogen) atoms. The Bertz CT molecular complexity index is 632. The smallest absolute Gasteiger partial charge is 0.224 e. The SMILES string of the molecule is CC(C)C1CCC(=O)c2cc3cnc(Cl)nc3n21. The van der Waals surface area contributed by atoms with E-state index in [0.717, 1.165) is 23.1 Å². The Kier molecular flexibility index (Phi) is 2.63. The van der Waals surface area contributed by atoms with E-state index in [0.29, 0.717) is 18.4 Å². The average Bonchev–Trinajstić information content (AvgIpc) is 2.69. The monoisotopic (exact) mass is 263 g/mol. The molecule has 0 amide bonds. The number of carbonyl (C=O) groups is 1. The largest absolute Gasteiger partial charge is 0.319 e. The van der Waals surface area contributed by atoms with Crippen LogP contribution in [0.15, 0.2) is 12.3 Å². The van der Waals surface area contributed by atoms with Crippen molar-refractivity contribution in [1.82, 2.24) is 14.5 Å². The molecule has 0 bridgehead atoms. The van der Waals surface area contributed by atoms with Crippen molar-refractivity contribution in [3.8, 4) is 0 Å². The first-order valence-electron chi connectivity index (χ1n) is 6.14. The number of hydrogen-bond donors (Lipinski definition) is 0. The second-order valence-corrected chi connectivity index (χ2v) is 5.43. The van der Waals surface area contributed by atoms with Gasteiger partial charge in [0.25, 0.3) is 0 Å². The second-order valence-electron chi connectivity index (χ2n) is 5.09. The van der Waals surface area contributed by atoms with E-state index in [1.165, 1.54) is 0 Å². The first-order chi connectivity index (χ1) is 8.58. The lowest BCUT2D eigenvalue weighted by Gasteiger charge is -2.28. The van der Waals surface area contributed by atoms with Gasteiger partial charge in [0.2, 0.25) is 5.28 Å². The predicted molar refractivity (Wildman–Crippen MR) is 70.0 cm³/mol. The quantitative estimate of drug-likeness (QED) is 0.742. The zero-order valence-corrected chi connectivity index (χ0v) is 11.1. The summed E-state index contributed by atoms with van der Waals surface area (Å²) in [4.78, 5) is 20.3. The molecule has 0 radical (unpaired) electrons. The molecule has 0 aliphatic carbocycles. The van der Waals surface area contributed by atoms with Gasteiger partial charge in [0, 0.05) is 24.0 Å². The van der Waals surface area contributed by atoms with Gasteiger partial charge in [-0.2, -0.15) is 4.98 Å². The minimum absolute atomic E-state index is 0.182. The van der Waals surface area contributed by atoms with Gasteiger partial charge in [-0.3, -0.25) is 4.79 Å². The van der Waals surface area contributed by atoms with E-state index in [4.69, 9.17) is 11.6 Å². The van der Waals surface area contributed by atoms with Crippen molar-refractivity contribution < 1.29 is 4.79 Å². The van der Waals surface area contributed by atoms with Crippen LogP contribution in [0.5, 0.6) is 0 Å². The van der Waals surface area contributed by atoms with Gasteiger partial charge < -0.3 is 4.57 Å². The van der Waals surface area contributed by atoms with E-state index >= 15 is 0 Å². The van der Waals surface area contributed by atoms with Crippen LogP contribution in [0.4, 0.5) is 0 Å². The molecular formula is C13H14ClN3O. The molecule has 0 aromatic carbocycles. The van der Waals surface area contributed by atoms with Crippen LogP contribution in [-0.4, -0.2) is 20.3 Å². The average molecular weight is 264 g/mol. The summed E-state index contributed by atoms with van der Waals surface area (Å²) in [7, 11) is 0. The number of hydrogen-bond acceptors (Lipinski definition) is 3. The third kappa shape index (κ3) is 1.63. The summed E-state index contributed by atoms with van der Waals surface area (Å²) in [5.74, 6) is 0.641. The standard InChI is InChI=1S/C13H14ClN3O/c1-7(2)9-3-4-11(18)10-5-8-6-15-13(14)16-12(8)17(9)10/h5-7,9H,3-4H2,1-2H3. The lowest BCUT2D eigenvalue weighted by atomic mass is 9.93. The van der Waals surface area contributed by atoms with Crippen LogP contribution in [0.25, 0.3) is 11.0 Å². The van der Waals surface area contributed by atoms with E-state index in [-0.39, 0.29) is 11.1 Å². The van der Waals surface area contributed by atoms with Crippen LogP contribution in [-0.2, 0) is 0 Å². The van der Waals surface area contributed by atoms with E-state index in [1.54, 1.807) is 6.20 Å². The molecule has 0 N–H and O–H groups in total. The highest BCUT2D eigenvalue weighted by Crippen LogP contribution is 2.35. The van der Waals surface area contributed by atoms with Gasteiger partial charge in [0.1, 0.15) is 5.65 Å².